The van der Waals surface area contributed by atoms with Gasteiger partial charge in [-0.25, -0.2) is 13.1 Å². The molecule has 3 N–H and O–H groups in total. The van der Waals surface area contributed by atoms with E-state index in [1.165, 1.54) is 17.4 Å². The summed E-state index contributed by atoms with van der Waals surface area (Å²) in [5, 5.41) is 1.94. The topological polar surface area (TPSA) is 72.2 Å². The van der Waals surface area contributed by atoms with Crippen molar-refractivity contribution in [2.45, 2.75) is 25.3 Å². The molecule has 0 aliphatic rings. The van der Waals surface area contributed by atoms with Gasteiger partial charge in [-0.3, -0.25) is 0 Å². The van der Waals surface area contributed by atoms with Gasteiger partial charge < -0.3 is 5.73 Å². The zero-order valence-corrected chi connectivity index (χ0v) is 14.2. The highest BCUT2D eigenvalue weighted by Crippen LogP contribution is 2.19. The summed E-state index contributed by atoms with van der Waals surface area (Å²) in [4.78, 5) is 1.39. The van der Waals surface area contributed by atoms with Gasteiger partial charge in [-0.05, 0) is 42.5 Å². The summed E-state index contributed by atoms with van der Waals surface area (Å²) in [7, 11) is -3.60. The summed E-state index contributed by atoms with van der Waals surface area (Å²) in [6.45, 7) is 3.98. The number of nitrogens with one attached hydrogen (secondary N) is 1. The summed E-state index contributed by atoms with van der Waals surface area (Å²) in [5.41, 5.74) is 7.85. The molecule has 112 valence electrons. The number of aryl methyl sites for hydroxylation is 2. The number of rotatable bonds is 5. The zero-order chi connectivity index (χ0) is 15.6. The Morgan fingerprint density at radius 1 is 1.29 bits per heavy atom. The molecule has 1 heterocycles. The Balaban J connectivity index is 2.29. The molecule has 21 heavy (non-hydrogen) atoms. The van der Waals surface area contributed by atoms with Crippen LogP contribution in [0.4, 0.5) is 0 Å². The van der Waals surface area contributed by atoms with Crippen LogP contribution in [0.3, 0.4) is 0 Å². The minimum absolute atomic E-state index is 0.181. The number of hydrogen-bond acceptors (Lipinski definition) is 4. The van der Waals surface area contributed by atoms with Crippen LogP contribution < -0.4 is 10.5 Å². The Kier molecular flexibility index (Phi) is 4.77. The molecule has 2 rings (SSSR count). The van der Waals surface area contributed by atoms with Crippen molar-refractivity contribution in [2.24, 2.45) is 5.73 Å². The standard InChI is InChI=1S/C14H16N2O2S3/c1-9-5-6-20-12(9)8-16-21(17,18)13-7-11(14(15)19)4-3-10(13)2/h3-7,16H,8H2,1-2H3,(H2,15,19). The second-order valence-electron chi connectivity index (χ2n) is 4.70. The van der Waals surface area contributed by atoms with Crippen LogP contribution in [0, 0.1) is 13.8 Å². The Labute approximate surface area is 134 Å². The van der Waals surface area contributed by atoms with E-state index in [0.29, 0.717) is 11.1 Å². The molecule has 7 heteroatoms. The van der Waals surface area contributed by atoms with Crippen molar-refractivity contribution < 1.29 is 8.42 Å². The molecule has 1 aromatic heterocycles. The smallest absolute Gasteiger partial charge is 0.241 e. The molecule has 0 saturated carbocycles. The van der Waals surface area contributed by atoms with E-state index in [1.807, 2.05) is 18.4 Å². The first kappa shape index (κ1) is 16.1. The lowest BCUT2D eigenvalue weighted by atomic mass is 10.1. The second-order valence-corrected chi connectivity index (χ2v) is 7.87. The first-order chi connectivity index (χ1) is 9.81. The molecule has 4 nitrogen and oxygen atoms in total. The van der Waals surface area contributed by atoms with Gasteiger partial charge in [0.2, 0.25) is 10.0 Å². The predicted molar refractivity (Wildman–Crippen MR) is 90.1 cm³/mol. The molecule has 0 amide bonds. The van der Waals surface area contributed by atoms with Crippen LogP contribution in [0.2, 0.25) is 0 Å². The molecular formula is C14H16N2O2S3. The van der Waals surface area contributed by atoms with Crippen LogP contribution >= 0.6 is 23.6 Å². The van der Waals surface area contributed by atoms with Gasteiger partial charge in [0, 0.05) is 17.0 Å². The molecule has 2 aromatic rings. The number of thiocarbonyl (C=S) groups is 1. The van der Waals surface area contributed by atoms with Gasteiger partial charge >= 0.3 is 0 Å². The van der Waals surface area contributed by atoms with Crippen LogP contribution in [0.5, 0.6) is 0 Å². The number of sulfonamides is 1. The van der Waals surface area contributed by atoms with Crippen LogP contribution in [0.25, 0.3) is 0 Å². The molecule has 0 saturated heterocycles. The first-order valence-corrected chi connectivity index (χ1v) is 9.01. The molecule has 0 radical (unpaired) electrons. The third kappa shape index (κ3) is 3.68. The van der Waals surface area contributed by atoms with Crippen molar-refractivity contribution >= 4 is 38.6 Å². The molecule has 0 aliphatic heterocycles. The Hall–Kier alpha value is -1.28. The van der Waals surface area contributed by atoms with E-state index >= 15 is 0 Å². The number of benzene rings is 1. The molecule has 0 atom stereocenters. The molecule has 0 bridgehead atoms. The molecular weight excluding hydrogens is 324 g/mol. The fourth-order valence-electron chi connectivity index (χ4n) is 1.87. The van der Waals surface area contributed by atoms with E-state index < -0.39 is 10.0 Å². The largest absolute Gasteiger partial charge is 0.389 e. The van der Waals surface area contributed by atoms with Crippen LogP contribution in [0.15, 0.2) is 34.5 Å². The number of nitrogens with two attached hydrogens (primary N) is 1. The minimum Gasteiger partial charge on any atom is -0.389 e. The van der Waals surface area contributed by atoms with Crippen molar-refractivity contribution in [3.05, 3.63) is 51.2 Å². The van der Waals surface area contributed by atoms with Crippen molar-refractivity contribution in [1.29, 1.82) is 0 Å². The fourth-order valence-corrected chi connectivity index (χ4v) is 4.19. The van der Waals surface area contributed by atoms with Gasteiger partial charge in [-0.2, -0.15) is 0 Å². The van der Waals surface area contributed by atoms with Gasteiger partial charge in [0.25, 0.3) is 0 Å². The average molecular weight is 340 g/mol. The van der Waals surface area contributed by atoms with E-state index in [-0.39, 0.29) is 16.4 Å². The van der Waals surface area contributed by atoms with E-state index in [4.69, 9.17) is 18.0 Å². The highest BCUT2D eigenvalue weighted by molar-refractivity contribution is 7.89. The molecule has 0 spiro atoms. The summed E-state index contributed by atoms with van der Waals surface area (Å²) in [5.74, 6) is 0. The lowest BCUT2D eigenvalue weighted by molar-refractivity contribution is 0.581. The highest BCUT2D eigenvalue weighted by Gasteiger charge is 2.18. The average Bonchev–Trinajstić information content (AvgIpc) is 2.82. The van der Waals surface area contributed by atoms with E-state index in [9.17, 15) is 8.42 Å². The van der Waals surface area contributed by atoms with Gasteiger partial charge in [0.15, 0.2) is 0 Å². The number of thiophene rings is 1. The minimum atomic E-state index is -3.60. The highest BCUT2D eigenvalue weighted by atomic mass is 32.2. The van der Waals surface area contributed by atoms with Crippen molar-refractivity contribution in [1.82, 2.24) is 4.72 Å². The van der Waals surface area contributed by atoms with Crippen LogP contribution in [0.1, 0.15) is 21.6 Å². The third-order valence-corrected chi connectivity index (χ3v) is 5.96. The fraction of sp³-hybridized carbons (Fsp3) is 0.214. The normalized spacial score (nSPS) is 11.5. The van der Waals surface area contributed by atoms with E-state index in [1.54, 1.807) is 19.1 Å². The molecule has 0 unspecified atom stereocenters. The van der Waals surface area contributed by atoms with Gasteiger partial charge in [-0.15, -0.1) is 11.3 Å². The molecule has 1 aromatic carbocycles. The first-order valence-electron chi connectivity index (χ1n) is 6.24. The van der Waals surface area contributed by atoms with Gasteiger partial charge in [-0.1, -0.05) is 24.4 Å². The third-order valence-electron chi connectivity index (χ3n) is 3.15. The van der Waals surface area contributed by atoms with Gasteiger partial charge in [0.05, 0.1) is 4.90 Å². The van der Waals surface area contributed by atoms with E-state index in [2.05, 4.69) is 4.72 Å². The zero-order valence-electron chi connectivity index (χ0n) is 11.7. The van der Waals surface area contributed by atoms with Gasteiger partial charge in [0.1, 0.15) is 4.99 Å². The summed E-state index contributed by atoms with van der Waals surface area (Å²) in [6.07, 6.45) is 0. The Bertz CT molecular complexity index is 779. The summed E-state index contributed by atoms with van der Waals surface area (Å²) < 4.78 is 27.5. The Morgan fingerprint density at radius 2 is 2.00 bits per heavy atom. The van der Waals surface area contributed by atoms with Crippen molar-refractivity contribution in [2.75, 3.05) is 0 Å². The monoisotopic (exact) mass is 340 g/mol. The lowest BCUT2D eigenvalue weighted by Gasteiger charge is -2.10. The predicted octanol–water partition coefficient (Wildman–Crippen LogP) is 2.48. The van der Waals surface area contributed by atoms with Crippen molar-refractivity contribution in [3.8, 4) is 0 Å². The van der Waals surface area contributed by atoms with Crippen LogP contribution in [-0.4, -0.2) is 13.4 Å². The maximum Gasteiger partial charge on any atom is 0.241 e. The molecule has 0 aliphatic carbocycles. The van der Waals surface area contributed by atoms with Crippen LogP contribution in [-0.2, 0) is 16.6 Å². The number of hydrogen-bond donors (Lipinski definition) is 2. The quantitative estimate of drug-likeness (QED) is 0.820. The summed E-state index contributed by atoms with van der Waals surface area (Å²) in [6, 6.07) is 6.91. The maximum absolute atomic E-state index is 12.4. The Morgan fingerprint density at radius 3 is 2.57 bits per heavy atom. The second kappa shape index (κ2) is 6.23. The SMILES string of the molecule is Cc1ccc(C(N)=S)cc1S(=O)(=O)NCc1sccc1C. The lowest BCUT2D eigenvalue weighted by Crippen LogP contribution is -2.24. The molecule has 0 fully saturated rings. The van der Waals surface area contributed by atoms with Crippen molar-refractivity contribution in [3.63, 3.8) is 0 Å². The maximum atomic E-state index is 12.4. The summed E-state index contributed by atoms with van der Waals surface area (Å²) >= 11 is 6.43. The van der Waals surface area contributed by atoms with E-state index in [0.717, 1.165) is 10.4 Å².